The number of nitrogens with one attached hydrogen (secondary N) is 1. The van der Waals surface area contributed by atoms with Crippen LogP contribution in [0.5, 0.6) is 0 Å². The van der Waals surface area contributed by atoms with E-state index in [1.54, 1.807) is 0 Å². The van der Waals surface area contributed by atoms with Gasteiger partial charge in [-0.05, 0) is 13.3 Å². The normalized spacial score (nSPS) is 24.6. The Morgan fingerprint density at radius 3 is 2.11 bits per heavy atom. The van der Waals surface area contributed by atoms with E-state index in [9.17, 15) is 50.4 Å². The standard InChI is InChI=1S/C29H54N2O13/c1-4-5-6-7-8-9-10-11-13-31(29(41)30-12-14-42-27(40)18(2)3)15-19(34)22(36)26(20(35)16-32)44-28-25(39)24(38)23(37)21(17-33)43-28/h19-26,28,32-39H,2,4-17H2,1,3H3,(H,30,41)/t19?,20?,21-,22?,23-,24+,25-,26?,28-/m1/s1. The number of carbonyl (C=O) groups excluding carboxylic acids is 2. The number of nitrogens with zero attached hydrogens (tertiary/aromatic N) is 1. The van der Waals surface area contributed by atoms with E-state index in [1.807, 2.05) is 0 Å². The van der Waals surface area contributed by atoms with Gasteiger partial charge in [-0.25, -0.2) is 9.59 Å². The molecule has 258 valence electrons. The third-order valence-corrected chi connectivity index (χ3v) is 7.37. The fourth-order valence-corrected chi connectivity index (χ4v) is 4.64. The van der Waals surface area contributed by atoms with Crippen molar-refractivity contribution in [3.05, 3.63) is 12.2 Å². The molecule has 4 unspecified atom stereocenters. The zero-order valence-electron chi connectivity index (χ0n) is 25.9. The van der Waals surface area contributed by atoms with E-state index in [1.165, 1.54) is 18.2 Å². The van der Waals surface area contributed by atoms with Crippen molar-refractivity contribution >= 4 is 12.0 Å². The number of hydrogen-bond acceptors (Lipinski definition) is 13. The van der Waals surface area contributed by atoms with Crippen LogP contribution >= 0.6 is 0 Å². The van der Waals surface area contributed by atoms with E-state index in [0.29, 0.717) is 6.42 Å². The van der Waals surface area contributed by atoms with Crippen molar-refractivity contribution in [2.75, 3.05) is 39.5 Å². The fourth-order valence-electron chi connectivity index (χ4n) is 4.64. The summed E-state index contributed by atoms with van der Waals surface area (Å²) in [7, 11) is 0. The summed E-state index contributed by atoms with van der Waals surface area (Å²) in [6, 6.07) is -0.611. The molecule has 1 aliphatic rings. The second-order valence-electron chi connectivity index (χ2n) is 11.2. The van der Waals surface area contributed by atoms with Crippen molar-refractivity contribution in [2.45, 2.75) is 120 Å². The lowest BCUT2D eigenvalue weighted by atomic mass is 9.98. The van der Waals surface area contributed by atoms with Gasteiger partial charge < -0.3 is 65.3 Å². The van der Waals surface area contributed by atoms with Crippen LogP contribution in [0.25, 0.3) is 0 Å². The van der Waals surface area contributed by atoms with E-state index < -0.39 is 86.9 Å². The van der Waals surface area contributed by atoms with Gasteiger partial charge in [0.1, 0.15) is 55.4 Å². The van der Waals surface area contributed by atoms with Gasteiger partial charge in [0.05, 0.1) is 26.3 Å². The highest BCUT2D eigenvalue weighted by molar-refractivity contribution is 5.86. The molecule has 0 aromatic heterocycles. The predicted molar refractivity (Wildman–Crippen MR) is 157 cm³/mol. The average molecular weight is 639 g/mol. The minimum Gasteiger partial charge on any atom is -0.460 e. The van der Waals surface area contributed by atoms with Gasteiger partial charge in [0, 0.05) is 12.1 Å². The van der Waals surface area contributed by atoms with E-state index >= 15 is 0 Å². The molecule has 0 aliphatic carbocycles. The minimum absolute atomic E-state index is 0.0312. The van der Waals surface area contributed by atoms with Crippen LogP contribution in [0.2, 0.25) is 0 Å². The van der Waals surface area contributed by atoms with Crippen molar-refractivity contribution in [1.29, 1.82) is 0 Å². The zero-order chi connectivity index (χ0) is 33.2. The fraction of sp³-hybridized carbons (Fsp3) is 0.862. The Hall–Kier alpha value is -1.92. The molecule has 1 saturated heterocycles. The quantitative estimate of drug-likeness (QED) is 0.0374. The van der Waals surface area contributed by atoms with Crippen LogP contribution in [0, 0.1) is 0 Å². The molecule has 0 aromatic rings. The van der Waals surface area contributed by atoms with E-state index in [4.69, 9.17) is 14.2 Å². The van der Waals surface area contributed by atoms with E-state index in [2.05, 4.69) is 18.8 Å². The molecule has 0 aromatic carbocycles. The van der Waals surface area contributed by atoms with Crippen molar-refractivity contribution in [3.63, 3.8) is 0 Å². The first kappa shape index (κ1) is 40.1. The van der Waals surface area contributed by atoms with Gasteiger partial charge >= 0.3 is 12.0 Å². The molecule has 1 heterocycles. The van der Waals surface area contributed by atoms with Crippen LogP contribution in [-0.4, -0.2) is 152 Å². The number of unbranched alkanes of at least 4 members (excludes halogenated alkanes) is 7. The Balaban J connectivity index is 2.90. The maximum Gasteiger partial charge on any atom is 0.333 e. The Labute approximate surface area is 259 Å². The van der Waals surface area contributed by atoms with E-state index in [-0.39, 0.29) is 25.3 Å². The summed E-state index contributed by atoms with van der Waals surface area (Å²) in [6.07, 6.45) is -7.68. The summed E-state index contributed by atoms with van der Waals surface area (Å²) in [5, 5.41) is 84.1. The van der Waals surface area contributed by atoms with E-state index in [0.717, 1.165) is 38.5 Å². The van der Waals surface area contributed by atoms with Gasteiger partial charge in [-0.1, -0.05) is 58.4 Å². The number of hydrogen-bond donors (Lipinski definition) is 9. The van der Waals surface area contributed by atoms with Crippen LogP contribution in [-0.2, 0) is 19.0 Å². The number of urea groups is 1. The Morgan fingerprint density at radius 1 is 0.932 bits per heavy atom. The molecule has 0 saturated carbocycles. The summed E-state index contributed by atoms with van der Waals surface area (Å²) >= 11 is 0. The third kappa shape index (κ3) is 13.6. The number of carbonyl (C=O) groups is 2. The summed E-state index contributed by atoms with van der Waals surface area (Å²) in [5.41, 5.74) is 0.204. The Bertz CT molecular complexity index is 833. The predicted octanol–water partition coefficient (Wildman–Crippen LogP) is -1.48. The number of ether oxygens (including phenoxy) is 3. The van der Waals surface area contributed by atoms with Gasteiger partial charge in [-0.3, -0.25) is 0 Å². The number of rotatable bonds is 22. The lowest BCUT2D eigenvalue weighted by molar-refractivity contribution is -0.327. The summed E-state index contributed by atoms with van der Waals surface area (Å²) < 4.78 is 15.7. The van der Waals surface area contributed by atoms with Crippen LogP contribution < -0.4 is 5.32 Å². The molecule has 9 atom stereocenters. The lowest BCUT2D eigenvalue weighted by Crippen LogP contribution is -2.62. The topological polar surface area (TPSA) is 239 Å². The first-order valence-electron chi connectivity index (χ1n) is 15.4. The molecule has 1 aliphatic heterocycles. The molecule has 0 bridgehead atoms. The number of aliphatic hydroxyl groups excluding tert-OH is 8. The van der Waals surface area contributed by atoms with Gasteiger partial charge in [-0.2, -0.15) is 0 Å². The van der Waals surface area contributed by atoms with Crippen molar-refractivity contribution < 1.29 is 64.7 Å². The maximum absolute atomic E-state index is 13.0. The Kier molecular flexibility index (Phi) is 19.8. The van der Waals surface area contributed by atoms with Gasteiger partial charge in [-0.15, -0.1) is 0 Å². The molecule has 9 N–H and O–H groups in total. The maximum atomic E-state index is 13.0. The molecule has 0 radical (unpaired) electrons. The number of amides is 2. The molecule has 2 amide bonds. The molecule has 44 heavy (non-hydrogen) atoms. The molecule has 1 rings (SSSR count). The summed E-state index contributed by atoms with van der Waals surface area (Å²) in [5.74, 6) is -0.610. The number of aliphatic hydroxyl groups is 8. The highest BCUT2D eigenvalue weighted by Crippen LogP contribution is 2.25. The zero-order valence-corrected chi connectivity index (χ0v) is 25.9. The monoisotopic (exact) mass is 638 g/mol. The van der Waals surface area contributed by atoms with Crippen molar-refractivity contribution in [1.82, 2.24) is 10.2 Å². The van der Waals surface area contributed by atoms with Crippen LogP contribution in [0.15, 0.2) is 12.2 Å². The molecule has 15 heteroatoms. The summed E-state index contributed by atoms with van der Waals surface area (Å²) in [4.78, 5) is 25.8. The number of esters is 1. The largest absolute Gasteiger partial charge is 0.460 e. The first-order chi connectivity index (χ1) is 20.9. The van der Waals surface area contributed by atoms with Crippen molar-refractivity contribution in [2.24, 2.45) is 0 Å². The molecular weight excluding hydrogens is 584 g/mol. The van der Waals surface area contributed by atoms with Gasteiger partial charge in [0.15, 0.2) is 6.29 Å². The van der Waals surface area contributed by atoms with Crippen molar-refractivity contribution in [3.8, 4) is 0 Å². The van der Waals surface area contributed by atoms with Crippen LogP contribution in [0.1, 0.15) is 65.2 Å². The van der Waals surface area contributed by atoms with Gasteiger partial charge in [0.25, 0.3) is 0 Å². The lowest BCUT2D eigenvalue weighted by Gasteiger charge is -2.42. The SMILES string of the molecule is C=C(C)C(=O)OCCNC(=O)N(CCCCCCCCCC)CC(O)C(O)C(O[C@H]1O[C@H](CO)[C@@H](O)[C@H](O)[C@H]1O)C(O)CO. The molecule has 1 fully saturated rings. The average Bonchev–Trinajstić information content (AvgIpc) is 3.01. The van der Waals surface area contributed by atoms with Gasteiger partial charge in [0.2, 0.25) is 0 Å². The smallest absolute Gasteiger partial charge is 0.333 e. The van der Waals surface area contributed by atoms with Crippen LogP contribution in [0.3, 0.4) is 0 Å². The van der Waals surface area contributed by atoms with Crippen LogP contribution in [0.4, 0.5) is 4.79 Å². The highest BCUT2D eigenvalue weighted by atomic mass is 16.7. The summed E-state index contributed by atoms with van der Waals surface area (Å²) in [6.45, 7) is 5.05. The molecule has 0 spiro atoms. The molecular formula is C29H54N2O13. The molecule has 15 nitrogen and oxygen atoms in total. The first-order valence-corrected chi connectivity index (χ1v) is 15.4. The third-order valence-electron chi connectivity index (χ3n) is 7.37. The Morgan fingerprint density at radius 2 is 1.55 bits per heavy atom. The second kappa shape index (κ2) is 21.8. The second-order valence-corrected chi connectivity index (χ2v) is 11.2. The minimum atomic E-state index is -1.94. The highest BCUT2D eigenvalue weighted by Gasteiger charge is 2.47.